The summed E-state index contributed by atoms with van der Waals surface area (Å²) in [6.45, 7) is -0.379. The van der Waals surface area contributed by atoms with Crippen LogP contribution in [0.4, 0.5) is 5.69 Å². The van der Waals surface area contributed by atoms with Crippen LogP contribution < -0.4 is 5.32 Å². The first-order chi connectivity index (χ1) is 13.1. The lowest BCUT2D eigenvalue weighted by Gasteiger charge is -2.11. The molecule has 0 spiro atoms. The Morgan fingerprint density at radius 1 is 1.04 bits per heavy atom. The highest BCUT2D eigenvalue weighted by atomic mass is 79.9. The minimum atomic E-state index is -0.606. The number of carbonyl (C=O) groups is 2. The number of pyridine rings is 1. The third-order valence-electron chi connectivity index (χ3n) is 3.41. The summed E-state index contributed by atoms with van der Waals surface area (Å²) >= 11 is 4.78. The lowest BCUT2D eigenvalue weighted by molar-refractivity contribution is -0.119. The summed E-state index contributed by atoms with van der Waals surface area (Å²) in [4.78, 5) is 30.1. The molecule has 0 saturated carbocycles. The van der Waals surface area contributed by atoms with Gasteiger partial charge in [0.2, 0.25) is 0 Å². The molecule has 1 heterocycles. The van der Waals surface area contributed by atoms with E-state index in [9.17, 15) is 9.59 Å². The number of hydrogen-bond acceptors (Lipinski definition) is 5. The molecule has 5 nitrogen and oxygen atoms in total. The number of ether oxygens (including phenoxy) is 1. The van der Waals surface area contributed by atoms with Crippen LogP contribution in [0.3, 0.4) is 0 Å². The number of nitrogens with one attached hydrogen (secondary N) is 1. The molecule has 0 aliphatic rings. The van der Waals surface area contributed by atoms with Crippen LogP contribution in [0.25, 0.3) is 0 Å². The van der Waals surface area contributed by atoms with Crippen LogP contribution >= 0.6 is 27.7 Å². The largest absolute Gasteiger partial charge is 0.452 e. The maximum Gasteiger partial charge on any atom is 0.340 e. The summed E-state index contributed by atoms with van der Waals surface area (Å²) in [6, 6.07) is 18.9. The summed E-state index contributed by atoms with van der Waals surface area (Å²) in [7, 11) is 0. The van der Waals surface area contributed by atoms with Gasteiger partial charge < -0.3 is 10.1 Å². The molecule has 27 heavy (non-hydrogen) atoms. The van der Waals surface area contributed by atoms with Crippen molar-refractivity contribution >= 4 is 45.3 Å². The minimum absolute atomic E-state index is 0.275. The first-order valence-corrected chi connectivity index (χ1v) is 9.62. The van der Waals surface area contributed by atoms with Crippen molar-refractivity contribution in [3.8, 4) is 0 Å². The van der Waals surface area contributed by atoms with Gasteiger partial charge in [0.15, 0.2) is 6.61 Å². The summed E-state index contributed by atoms with van der Waals surface area (Å²) in [5, 5.41) is 2.79. The van der Waals surface area contributed by atoms with E-state index in [1.54, 1.807) is 24.0 Å². The SMILES string of the molecule is O=C(COC(=O)c1cncc(Br)c1)Nc1ccccc1Sc1ccccc1. The van der Waals surface area contributed by atoms with Gasteiger partial charge in [0.25, 0.3) is 5.91 Å². The quantitative estimate of drug-likeness (QED) is 0.555. The van der Waals surface area contributed by atoms with Crippen molar-refractivity contribution in [2.24, 2.45) is 0 Å². The van der Waals surface area contributed by atoms with Crippen LogP contribution in [0.5, 0.6) is 0 Å². The zero-order valence-electron chi connectivity index (χ0n) is 14.1. The number of benzene rings is 2. The van der Waals surface area contributed by atoms with Crippen molar-refractivity contribution in [3.05, 3.63) is 83.1 Å². The normalized spacial score (nSPS) is 10.3. The Hall–Kier alpha value is -2.64. The first kappa shape index (κ1) is 19.1. The van der Waals surface area contributed by atoms with Crippen molar-refractivity contribution in [3.63, 3.8) is 0 Å². The number of nitrogens with zero attached hydrogens (tertiary/aromatic N) is 1. The zero-order valence-corrected chi connectivity index (χ0v) is 16.5. The molecule has 0 aliphatic heterocycles. The maximum atomic E-state index is 12.2. The molecule has 7 heteroatoms. The van der Waals surface area contributed by atoms with Crippen LogP contribution in [0, 0.1) is 0 Å². The molecule has 1 amide bonds. The van der Waals surface area contributed by atoms with Crippen LogP contribution in [0.1, 0.15) is 10.4 Å². The fourth-order valence-electron chi connectivity index (χ4n) is 2.20. The second-order valence-corrected chi connectivity index (χ2v) is 7.46. The fraction of sp³-hybridized carbons (Fsp3) is 0.0500. The van der Waals surface area contributed by atoms with Crippen LogP contribution in [-0.2, 0) is 9.53 Å². The van der Waals surface area contributed by atoms with Gasteiger partial charge in [-0.05, 0) is 46.3 Å². The van der Waals surface area contributed by atoms with Gasteiger partial charge in [-0.1, -0.05) is 42.1 Å². The lowest BCUT2D eigenvalue weighted by Crippen LogP contribution is -2.21. The summed E-state index contributed by atoms with van der Waals surface area (Å²) in [5.74, 6) is -1.02. The Morgan fingerprint density at radius 3 is 2.56 bits per heavy atom. The van der Waals surface area contributed by atoms with Gasteiger partial charge in [0.1, 0.15) is 0 Å². The molecule has 2 aromatic carbocycles. The van der Waals surface area contributed by atoms with E-state index in [1.807, 2.05) is 54.6 Å². The minimum Gasteiger partial charge on any atom is -0.452 e. The van der Waals surface area contributed by atoms with Gasteiger partial charge in [0.05, 0.1) is 11.3 Å². The highest BCUT2D eigenvalue weighted by Gasteiger charge is 2.13. The zero-order chi connectivity index (χ0) is 19.1. The van der Waals surface area contributed by atoms with Gasteiger partial charge >= 0.3 is 5.97 Å². The molecule has 3 rings (SSSR count). The molecule has 0 fully saturated rings. The Bertz CT molecular complexity index is 951. The number of hydrogen-bond donors (Lipinski definition) is 1. The second kappa shape index (κ2) is 9.34. The van der Waals surface area contributed by atoms with E-state index >= 15 is 0 Å². The highest BCUT2D eigenvalue weighted by molar-refractivity contribution is 9.10. The van der Waals surface area contributed by atoms with Gasteiger partial charge in [0, 0.05) is 26.7 Å². The van der Waals surface area contributed by atoms with E-state index in [4.69, 9.17) is 4.74 Å². The molecule has 0 radical (unpaired) electrons. The molecule has 1 aromatic heterocycles. The number of esters is 1. The van der Waals surface area contributed by atoms with Gasteiger partial charge in [-0.25, -0.2) is 4.79 Å². The molecule has 0 atom stereocenters. The number of halogens is 1. The average Bonchev–Trinajstić information content (AvgIpc) is 2.68. The second-order valence-electron chi connectivity index (χ2n) is 5.43. The topological polar surface area (TPSA) is 68.3 Å². The molecular weight excluding hydrogens is 428 g/mol. The fourth-order valence-corrected chi connectivity index (χ4v) is 3.49. The van der Waals surface area contributed by atoms with Crippen molar-refractivity contribution in [2.75, 3.05) is 11.9 Å². The van der Waals surface area contributed by atoms with Crippen molar-refractivity contribution in [1.29, 1.82) is 0 Å². The number of amides is 1. The molecule has 0 aliphatic carbocycles. The maximum absolute atomic E-state index is 12.2. The van der Waals surface area contributed by atoms with Crippen molar-refractivity contribution in [1.82, 2.24) is 4.98 Å². The van der Waals surface area contributed by atoms with E-state index < -0.39 is 11.9 Å². The van der Waals surface area contributed by atoms with E-state index in [0.717, 1.165) is 9.79 Å². The summed E-state index contributed by atoms with van der Waals surface area (Å²) in [5.41, 5.74) is 0.939. The predicted octanol–water partition coefficient (Wildman–Crippen LogP) is 4.79. The lowest BCUT2D eigenvalue weighted by atomic mass is 10.3. The van der Waals surface area contributed by atoms with Crippen LogP contribution in [0.2, 0.25) is 0 Å². The third kappa shape index (κ3) is 5.67. The third-order valence-corrected chi connectivity index (χ3v) is 4.92. The molecular formula is C20H15BrN2O3S. The molecule has 0 bridgehead atoms. The summed E-state index contributed by atoms with van der Waals surface area (Å²) < 4.78 is 5.72. The number of aromatic nitrogens is 1. The Morgan fingerprint density at radius 2 is 1.78 bits per heavy atom. The van der Waals surface area contributed by atoms with E-state index in [2.05, 4.69) is 26.2 Å². The predicted molar refractivity (Wildman–Crippen MR) is 108 cm³/mol. The Kier molecular flexibility index (Phi) is 6.62. The Balaban J connectivity index is 1.60. The first-order valence-electron chi connectivity index (χ1n) is 8.01. The van der Waals surface area contributed by atoms with Gasteiger partial charge in [-0.3, -0.25) is 9.78 Å². The van der Waals surface area contributed by atoms with E-state index in [-0.39, 0.29) is 12.2 Å². The Labute approximate surface area is 169 Å². The van der Waals surface area contributed by atoms with E-state index in [0.29, 0.717) is 10.2 Å². The standard InChI is InChI=1S/C20H15BrN2O3S/c21-15-10-14(11-22-12-15)20(25)26-13-19(24)23-17-8-4-5-9-18(17)27-16-6-2-1-3-7-16/h1-12H,13H2,(H,23,24). The van der Waals surface area contributed by atoms with Gasteiger partial charge in [-0.15, -0.1) is 0 Å². The van der Waals surface area contributed by atoms with Crippen LogP contribution in [0.15, 0.2) is 87.3 Å². The van der Waals surface area contributed by atoms with E-state index in [1.165, 1.54) is 6.20 Å². The van der Waals surface area contributed by atoms with Gasteiger partial charge in [-0.2, -0.15) is 0 Å². The number of carbonyl (C=O) groups excluding carboxylic acids is 2. The highest BCUT2D eigenvalue weighted by Crippen LogP contribution is 2.33. The molecule has 0 saturated heterocycles. The molecule has 1 N–H and O–H groups in total. The number of rotatable bonds is 6. The monoisotopic (exact) mass is 442 g/mol. The number of para-hydroxylation sites is 1. The molecule has 3 aromatic rings. The molecule has 136 valence electrons. The van der Waals surface area contributed by atoms with Crippen LogP contribution in [-0.4, -0.2) is 23.5 Å². The molecule has 0 unspecified atom stereocenters. The average molecular weight is 443 g/mol. The number of anilines is 1. The summed E-state index contributed by atoms with van der Waals surface area (Å²) in [6.07, 6.45) is 2.95. The van der Waals surface area contributed by atoms with Crippen molar-refractivity contribution in [2.45, 2.75) is 9.79 Å². The van der Waals surface area contributed by atoms with Crippen molar-refractivity contribution < 1.29 is 14.3 Å². The smallest absolute Gasteiger partial charge is 0.340 e.